The standard InChI is InChI=1S/C13H25N3O2/c1-9(2)11(17)15(7)13(5,6)12(18)16(8)14-10(3)4/h9H,1-8H3. The molecular formula is C13H25N3O2. The molecule has 0 heterocycles. The van der Waals surface area contributed by atoms with Gasteiger partial charge in [0, 0.05) is 25.7 Å². The maximum absolute atomic E-state index is 12.3. The molecule has 0 aromatic rings. The zero-order chi connectivity index (χ0) is 14.7. The van der Waals surface area contributed by atoms with Crippen LogP contribution in [0.5, 0.6) is 0 Å². The van der Waals surface area contributed by atoms with Gasteiger partial charge in [0.2, 0.25) is 5.91 Å². The zero-order valence-corrected chi connectivity index (χ0v) is 12.7. The average molecular weight is 255 g/mol. The molecule has 0 unspecified atom stereocenters. The van der Waals surface area contributed by atoms with Crippen LogP contribution in [0.4, 0.5) is 0 Å². The van der Waals surface area contributed by atoms with Gasteiger partial charge in [0.25, 0.3) is 5.91 Å². The molecule has 18 heavy (non-hydrogen) atoms. The Bertz CT molecular complexity index is 355. The van der Waals surface area contributed by atoms with Crippen molar-refractivity contribution in [3.05, 3.63) is 0 Å². The number of rotatable bonds is 4. The summed E-state index contributed by atoms with van der Waals surface area (Å²) < 4.78 is 0. The van der Waals surface area contributed by atoms with Gasteiger partial charge in [-0.15, -0.1) is 0 Å². The van der Waals surface area contributed by atoms with Crippen molar-refractivity contribution in [2.75, 3.05) is 14.1 Å². The van der Waals surface area contributed by atoms with E-state index in [-0.39, 0.29) is 17.7 Å². The molecule has 0 aromatic carbocycles. The van der Waals surface area contributed by atoms with Gasteiger partial charge in [0.05, 0.1) is 0 Å². The summed E-state index contributed by atoms with van der Waals surface area (Å²) in [4.78, 5) is 25.7. The number of hydrazone groups is 1. The Morgan fingerprint density at radius 2 is 1.56 bits per heavy atom. The van der Waals surface area contributed by atoms with Crippen molar-refractivity contribution in [1.29, 1.82) is 0 Å². The van der Waals surface area contributed by atoms with E-state index in [4.69, 9.17) is 0 Å². The van der Waals surface area contributed by atoms with E-state index in [2.05, 4.69) is 5.10 Å². The lowest BCUT2D eigenvalue weighted by Gasteiger charge is -2.36. The minimum absolute atomic E-state index is 0.0565. The largest absolute Gasteiger partial charge is 0.331 e. The molecule has 0 radical (unpaired) electrons. The van der Waals surface area contributed by atoms with Crippen LogP contribution in [0.15, 0.2) is 5.10 Å². The number of amides is 2. The van der Waals surface area contributed by atoms with Crippen LogP contribution in [0.25, 0.3) is 0 Å². The minimum Gasteiger partial charge on any atom is -0.331 e. The van der Waals surface area contributed by atoms with Crippen LogP contribution in [-0.2, 0) is 9.59 Å². The summed E-state index contributed by atoms with van der Waals surface area (Å²) in [5.74, 6) is -0.400. The molecule has 0 fully saturated rings. The second-order valence-corrected chi connectivity index (χ2v) is 5.49. The van der Waals surface area contributed by atoms with Gasteiger partial charge < -0.3 is 4.90 Å². The van der Waals surface area contributed by atoms with Crippen LogP contribution in [0.1, 0.15) is 41.5 Å². The van der Waals surface area contributed by atoms with Gasteiger partial charge in [-0.1, -0.05) is 13.8 Å². The Hall–Kier alpha value is -1.39. The van der Waals surface area contributed by atoms with E-state index in [0.29, 0.717) is 0 Å². The number of hydrogen-bond donors (Lipinski definition) is 0. The highest BCUT2D eigenvalue weighted by Crippen LogP contribution is 2.18. The third kappa shape index (κ3) is 3.82. The summed E-state index contributed by atoms with van der Waals surface area (Å²) in [6.45, 7) is 10.7. The molecule has 104 valence electrons. The molecule has 0 aliphatic rings. The maximum Gasteiger partial charge on any atom is 0.267 e. The summed E-state index contributed by atoms with van der Waals surface area (Å²) >= 11 is 0. The number of carbonyl (C=O) groups is 2. The van der Waals surface area contributed by atoms with E-state index in [0.717, 1.165) is 5.71 Å². The van der Waals surface area contributed by atoms with E-state index in [9.17, 15) is 9.59 Å². The predicted octanol–water partition coefficient (Wildman–Crippen LogP) is 1.73. The molecule has 0 saturated carbocycles. The van der Waals surface area contributed by atoms with Gasteiger partial charge in [0.15, 0.2) is 0 Å². The molecular weight excluding hydrogens is 230 g/mol. The number of likely N-dealkylation sites (N-methyl/N-ethyl adjacent to an activating group) is 2. The lowest BCUT2D eigenvalue weighted by molar-refractivity contribution is -0.151. The molecule has 5 nitrogen and oxygen atoms in total. The van der Waals surface area contributed by atoms with E-state index in [1.165, 1.54) is 9.91 Å². The fourth-order valence-electron chi connectivity index (χ4n) is 1.55. The monoisotopic (exact) mass is 255 g/mol. The van der Waals surface area contributed by atoms with E-state index in [1.54, 1.807) is 27.9 Å². The van der Waals surface area contributed by atoms with Crippen molar-refractivity contribution >= 4 is 17.5 Å². The second kappa shape index (κ2) is 5.98. The Kier molecular flexibility index (Phi) is 5.52. The third-order valence-corrected chi connectivity index (χ3v) is 2.83. The minimum atomic E-state index is -0.908. The van der Waals surface area contributed by atoms with Gasteiger partial charge >= 0.3 is 0 Å². The molecule has 0 bridgehead atoms. The van der Waals surface area contributed by atoms with Crippen molar-refractivity contribution in [3.8, 4) is 0 Å². The lowest BCUT2D eigenvalue weighted by atomic mass is 10.00. The van der Waals surface area contributed by atoms with Crippen molar-refractivity contribution in [2.24, 2.45) is 11.0 Å². The summed E-state index contributed by atoms with van der Waals surface area (Å²) in [7, 11) is 3.25. The van der Waals surface area contributed by atoms with Gasteiger partial charge in [-0.3, -0.25) is 9.59 Å². The first-order valence-electron chi connectivity index (χ1n) is 6.09. The molecule has 0 aliphatic heterocycles. The predicted molar refractivity (Wildman–Crippen MR) is 73.2 cm³/mol. The van der Waals surface area contributed by atoms with Crippen LogP contribution in [-0.4, -0.2) is 47.1 Å². The first-order valence-corrected chi connectivity index (χ1v) is 6.09. The number of hydrogen-bond acceptors (Lipinski definition) is 3. The quantitative estimate of drug-likeness (QED) is 0.567. The number of carbonyl (C=O) groups excluding carboxylic acids is 2. The van der Waals surface area contributed by atoms with Crippen LogP contribution >= 0.6 is 0 Å². The highest BCUT2D eigenvalue weighted by atomic mass is 16.2. The highest BCUT2D eigenvalue weighted by Gasteiger charge is 2.38. The Morgan fingerprint density at radius 1 is 1.11 bits per heavy atom. The SMILES string of the molecule is CC(C)=NN(C)C(=O)C(C)(C)N(C)C(=O)C(C)C. The van der Waals surface area contributed by atoms with E-state index in [1.807, 2.05) is 27.7 Å². The first kappa shape index (κ1) is 16.6. The molecule has 0 spiro atoms. The molecule has 0 N–H and O–H groups in total. The molecule has 0 saturated heterocycles. The molecule has 2 amide bonds. The Morgan fingerprint density at radius 3 is 1.89 bits per heavy atom. The van der Waals surface area contributed by atoms with Crippen molar-refractivity contribution in [2.45, 2.75) is 47.1 Å². The summed E-state index contributed by atoms with van der Waals surface area (Å²) in [5, 5.41) is 5.38. The van der Waals surface area contributed by atoms with Crippen LogP contribution in [0.2, 0.25) is 0 Å². The van der Waals surface area contributed by atoms with Crippen LogP contribution in [0.3, 0.4) is 0 Å². The molecule has 0 aromatic heterocycles. The Labute approximate surface area is 110 Å². The van der Waals surface area contributed by atoms with Crippen molar-refractivity contribution in [3.63, 3.8) is 0 Å². The molecule has 0 aliphatic carbocycles. The second-order valence-electron chi connectivity index (χ2n) is 5.49. The summed E-state index contributed by atoms with van der Waals surface area (Å²) in [6, 6.07) is 0. The third-order valence-electron chi connectivity index (χ3n) is 2.83. The van der Waals surface area contributed by atoms with Crippen molar-refractivity contribution < 1.29 is 9.59 Å². The highest BCUT2D eigenvalue weighted by molar-refractivity contribution is 5.92. The molecule has 0 rings (SSSR count). The van der Waals surface area contributed by atoms with Gasteiger partial charge in [-0.2, -0.15) is 5.10 Å². The fraction of sp³-hybridized carbons (Fsp3) is 0.769. The van der Waals surface area contributed by atoms with E-state index >= 15 is 0 Å². The molecule has 0 atom stereocenters. The lowest BCUT2D eigenvalue weighted by Crippen LogP contribution is -2.55. The first-order chi connectivity index (χ1) is 8.01. The van der Waals surface area contributed by atoms with Crippen molar-refractivity contribution in [1.82, 2.24) is 9.91 Å². The summed E-state index contributed by atoms with van der Waals surface area (Å²) in [5.41, 5.74) is -0.116. The topological polar surface area (TPSA) is 53.0 Å². The van der Waals surface area contributed by atoms with E-state index < -0.39 is 5.54 Å². The van der Waals surface area contributed by atoms with Gasteiger partial charge in [0.1, 0.15) is 5.54 Å². The maximum atomic E-state index is 12.3. The summed E-state index contributed by atoms with van der Waals surface area (Å²) in [6.07, 6.45) is 0. The Balaban J connectivity index is 5.08. The fourth-order valence-corrected chi connectivity index (χ4v) is 1.55. The average Bonchev–Trinajstić information content (AvgIpc) is 2.24. The van der Waals surface area contributed by atoms with Crippen LogP contribution < -0.4 is 0 Å². The smallest absolute Gasteiger partial charge is 0.267 e. The normalized spacial score (nSPS) is 11.2. The van der Waals surface area contributed by atoms with Gasteiger partial charge in [-0.25, -0.2) is 5.01 Å². The zero-order valence-electron chi connectivity index (χ0n) is 12.7. The number of nitrogens with zero attached hydrogens (tertiary/aromatic N) is 3. The molecule has 5 heteroatoms. The van der Waals surface area contributed by atoms with Crippen LogP contribution in [0, 0.1) is 5.92 Å². The van der Waals surface area contributed by atoms with Gasteiger partial charge in [-0.05, 0) is 27.7 Å².